The van der Waals surface area contributed by atoms with Gasteiger partial charge in [0.05, 0.1) is 10.4 Å². The van der Waals surface area contributed by atoms with Crippen LogP contribution in [0.4, 0.5) is 11.5 Å². The van der Waals surface area contributed by atoms with Crippen LogP contribution in [0, 0.1) is 10.1 Å². The van der Waals surface area contributed by atoms with Gasteiger partial charge in [-0.1, -0.05) is 53.1 Å². The van der Waals surface area contributed by atoms with Gasteiger partial charge in [-0.05, 0) is 45.7 Å². The summed E-state index contributed by atoms with van der Waals surface area (Å²) in [4.78, 5) is 19.2. The number of benzene rings is 2. The molecule has 0 radical (unpaired) electrons. The Balaban J connectivity index is 2.04. The zero-order valence-corrected chi connectivity index (χ0v) is 19.3. The standard InChI is InChI=1S/C23H27ClN4O3/c1-22(2,3)15-7-13(8-16(20(15)29)23(4,5)6)11-25-21-14-9-19(28(30)31)17(24)10-18(14)26-12-27-21/h7-10,12,29H,11H2,1-6H3,(H,25,26,27). The van der Waals surface area contributed by atoms with Gasteiger partial charge in [-0.15, -0.1) is 0 Å². The van der Waals surface area contributed by atoms with Crippen LogP contribution in [-0.2, 0) is 17.4 Å². The van der Waals surface area contributed by atoms with Gasteiger partial charge in [0.2, 0.25) is 0 Å². The predicted molar refractivity (Wildman–Crippen MR) is 124 cm³/mol. The van der Waals surface area contributed by atoms with Gasteiger partial charge < -0.3 is 10.4 Å². The van der Waals surface area contributed by atoms with E-state index < -0.39 is 4.92 Å². The normalized spacial score (nSPS) is 12.2. The molecule has 0 aliphatic carbocycles. The molecule has 0 saturated heterocycles. The summed E-state index contributed by atoms with van der Waals surface area (Å²) in [6.45, 7) is 12.8. The van der Waals surface area contributed by atoms with Crippen molar-refractivity contribution in [2.45, 2.75) is 58.9 Å². The minimum absolute atomic E-state index is 0.0327. The van der Waals surface area contributed by atoms with E-state index in [2.05, 4.69) is 56.8 Å². The van der Waals surface area contributed by atoms with Crippen LogP contribution in [0.3, 0.4) is 0 Å². The Morgan fingerprint density at radius 3 is 2.13 bits per heavy atom. The minimum atomic E-state index is -0.524. The molecule has 0 saturated carbocycles. The van der Waals surface area contributed by atoms with Crippen molar-refractivity contribution in [2.24, 2.45) is 0 Å². The summed E-state index contributed by atoms with van der Waals surface area (Å²) >= 11 is 6.01. The highest BCUT2D eigenvalue weighted by Crippen LogP contribution is 2.40. The first-order valence-corrected chi connectivity index (χ1v) is 10.4. The van der Waals surface area contributed by atoms with Crippen molar-refractivity contribution in [3.63, 3.8) is 0 Å². The number of halogens is 1. The number of hydrogen-bond donors (Lipinski definition) is 2. The molecule has 0 aliphatic rings. The first-order chi connectivity index (χ1) is 14.3. The van der Waals surface area contributed by atoms with E-state index in [1.165, 1.54) is 18.5 Å². The molecule has 3 aromatic rings. The molecular weight excluding hydrogens is 416 g/mol. The van der Waals surface area contributed by atoms with Crippen molar-refractivity contribution in [2.75, 3.05) is 5.32 Å². The Morgan fingerprint density at radius 2 is 1.61 bits per heavy atom. The van der Waals surface area contributed by atoms with Crippen molar-refractivity contribution in [3.05, 3.63) is 62.4 Å². The summed E-state index contributed by atoms with van der Waals surface area (Å²) in [6, 6.07) is 6.83. The van der Waals surface area contributed by atoms with Gasteiger partial charge in [-0.2, -0.15) is 0 Å². The zero-order valence-electron chi connectivity index (χ0n) is 18.6. The van der Waals surface area contributed by atoms with Gasteiger partial charge >= 0.3 is 0 Å². The molecule has 0 aliphatic heterocycles. The maximum Gasteiger partial charge on any atom is 0.288 e. The first kappa shape index (κ1) is 22.7. The predicted octanol–water partition coefficient (Wildman–Crippen LogP) is 6.10. The number of nitro benzene ring substituents is 1. The zero-order chi connectivity index (χ0) is 23.1. The van der Waals surface area contributed by atoms with Gasteiger partial charge in [-0.3, -0.25) is 10.1 Å². The molecule has 0 spiro atoms. The summed E-state index contributed by atoms with van der Waals surface area (Å²) in [7, 11) is 0. The van der Waals surface area contributed by atoms with Crippen LogP contribution in [0.1, 0.15) is 58.2 Å². The van der Waals surface area contributed by atoms with Crippen LogP contribution < -0.4 is 5.32 Å². The lowest BCUT2D eigenvalue weighted by molar-refractivity contribution is -0.384. The van der Waals surface area contributed by atoms with Crippen molar-refractivity contribution < 1.29 is 10.0 Å². The first-order valence-electron chi connectivity index (χ1n) is 9.98. The Labute approximate surface area is 186 Å². The molecule has 1 aromatic heterocycles. The monoisotopic (exact) mass is 442 g/mol. The number of nitrogens with zero attached hydrogens (tertiary/aromatic N) is 3. The molecule has 1 heterocycles. The second-order valence-electron chi connectivity index (χ2n) is 9.69. The van der Waals surface area contributed by atoms with E-state index in [1.54, 1.807) is 0 Å². The van der Waals surface area contributed by atoms with E-state index in [-0.39, 0.29) is 21.5 Å². The fourth-order valence-corrected chi connectivity index (χ4v) is 3.70. The Morgan fingerprint density at radius 1 is 1.03 bits per heavy atom. The van der Waals surface area contributed by atoms with E-state index in [4.69, 9.17) is 11.6 Å². The molecule has 31 heavy (non-hydrogen) atoms. The Bertz CT molecular complexity index is 1130. The summed E-state index contributed by atoms with van der Waals surface area (Å²) < 4.78 is 0. The maximum atomic E-state index is 11.3. The minimum Gasteiger partial charge on any atom is -0.507 e. The number of rotatable bonds is 4. The quantitative estimate of drug-likeness (QED) is 0.373. The summed E-state index contributed by atoms with van der Waals surface area (Å²) in [5.41, 5.74) is 2.56. The van der Waals surface area contributed by atoms with E-state index in [0.717, 1.165) is 16.7 Å². The average Bonchev–Trinajstić information content (AvgIpc) is 2.64. The smallest absolute Gasteiger partial charge is 0.288 e. The third-order valence-electron chi connectivity index (χ3n) is 5.15. The molecule has 164 valence electrons. The topological polar surface area (TPSA) is 101 Å². The van der Waals surface area contributed by atoms with Gasteiger partial charge in [0, 0.05) is 18.0 Å². The van der Waals surface area contributed by atoms with Crippen LogP contribution in [0.25, 0.3) is 10.9 Å². The van der Waals surface area contributed by atoms with Crippen LogP contribution in [0.5, 0.6) is 5.75 Å². The van der Waals surface area contributed by atoms with Crippen LogP contribution >= 0.6 is 11.6 Å². The van der Waals surface area contributed by atoms with Crippen molar-refractivity contribution in [1.82, 2.24) is 9.97 Å². The van der Waals surface area contributed by atoms with E-state index in [1.807, 2.05) is 12.1 Å². The highest BCUT2D eigenvalue weighted by molar-refractivity contribution is 6.33. The van der Waals surface area contributed by atoms with Gasteiger partial charge in [0.25, 0.3) is 5.69 Å². The van der Waals surface area contributed by atoms with Crippen molar-refractivity contribution >= 4 is 34.0 Å². The third-order valence-corrected chi connectivity index (χ3v) is 5.45. The molecule has 0 fully saturated rings. The molecule has 2 aromatic carbocycles. The second-order valence-corrected chi connectivity index (χ2v) is 10.1. The highest BCUT2D eigenvalue weighted by Gasteiger charge is 2.26. The number of phenolic OH excluding ortho intramolecular Hbond substituents is 1. The Hall–Kier alpha value is -2.93. The number of phenols is 1. The highest BCUT2D eigenvalue weighted by atomic mass is 35.5. The van der Waals surface area contributed by atoms with Crippen LogP contribution in [0.2, 0.25) is 5.02 Å². The molecule has 0 bridgehead atoms. The summed E-state index contributed by atoms with van der Waals surface area (Å²) in [6.07, 6.45) is 1.39. The lowest BCUT2D eigenvalue weighted by Crippen LogP contribution is -2.18. The van der Waals surface area contributed by atoms with Crippen molar-refractivity contribution in [1.29, 1.82) is 0 Å². The van der Waals surface area contributed by atoms with Gasteiger partial charge in [-0.25, -0.2) is 9.97 Å². The molecule has 2 N–H and O–H groups in total. The second kappa shape index (κ2) is 7.96. The lowest BCUT2D eigenvalue weighted by atomic mass is 9.78. The number of nitrogens with one attached hydrogen (secondary N) is 1. The van der Waals surface area contributed by atoms with E-state index >= 15 is 0 Å². The van der Waals surface area contributed by atoms with Crippen LogP contribution in [0.15, 0.2) is 30.6 Å². The number of fused-ring (bicyclic) bond motifs is 1. The molecule has 0 amide bonds. The van der Waals surface area contributed by atoms with E-state index in [0.29, 0.717) is 29.0 Å². The molecule has 7 nitrogen and oxygen atoms in total. The van der Waals surface area contributed by atoms with Crippen LogP contribution in [-0.4, -0.2) is 20.0 Å². The largest absolute Gasteiger partial charge is 0.507 e. The van der Waals surface area contributed by atoms with Gasteiger partial charge in [0.15, 0.2) is 0 Å². The SMILES string of the molecule is CC(C)(C)c1cc(CNc2ncnc3cc(Cl)c([N+](=O)[O-])cc23)cc(C(C)(C)C)c1O. The molecule has 3 rings (SSSR count). The summed E-state index contributed by atoms with van der Waals surface area (Å²) in [5, 5.41) is 26.0. The molecular formula is C23H27ClN4O3. The summed E-state index contributed by atoms with van der Waals surface area (Å²) in [5.74, 6) is 0.800. The number of aromatic hydroxyl groups is 1. The third kappa shape index (κ3) is 4.71. The Kier molecular flexibility index (Phi) is 5.84. The fourth-order valence-electron chi connectivity index (χ4n) is 3.47. The number of anilines is 1. The molecule has 0 unspecified atom stereocenters. The van der Waals surface area contributed by atoms with Gasteiger partial charge in [0.1, 0.15) is 22.9 Å². The number of hydrogen-bond acceptors (Lipinski definition) is 6. The molecule has 8 heteroatoms. The average molecular weight is 443 g/mol. The van der Waals surface area contributed by atoms with Crippen molar-refractivity contribution in [3.8, 4) is 5.75 Å². The van der Waals surface area contributed by atoms with E-state index in [9.17, 15) is 15.2 Å². The number of aromatic nitrogens is 2. The lowest BCUT2D eigenvalue weighted by Gasteiger charge is -2.28. The fraction of sp³-hybridized carbons (Fsp3) is 0.391. The maximum absolute atomic E-state index is 11.3. The molecule has 0 atom stereocenters. The number of nitro groups is 1.